The normalized spacial score (nSPS) is 11.6. The maximum Gasteiger partial charge on any atom is 0.340 e. The molecule has 1 aromatic carbocycles. The van der Waals surface area contributed by atoms with E-state index in [1.165, 1.54) is 13.2 Å². The Morgan fingerprint density at radius 3 is 2.59 bits per heavy atom. The number of ether oxygens (including phenoxy) is 1. The van der Waals surface area contributed by atoms with Gasteiger partial charge in [-0.05, 0) is 25.1 Å². The number of carbonyl (C=O) groups is 2. The SMILES string of the molecule is COC(=O)c1cc(NC(C)C(N)=O)ccc1N. The highest BCUT2D eigenvalue weighted by molar-refractivity contribution is 5.96. The number of nitrogens with two attached hydrogens (primary N) is 2. The topological polar surface area (TPSA) is 107 Å². The van der Waals surface area contributed by atoms with Crippen LogP contribution < -0.4 is 16.8 Å². The summed E-state index contributed by atoms with van der Waals surface area (Å²) in [5.74, 6) is -1.01. The Bertz CT molecular complexity index is 446. The zero-order valence-corrected chi connectivity index (χ0v) is 9.69. The van der Waals surface area contributed by atoms with E-state index in [0.29, 0.717) is 11.4 Å². The predicted octanol–water partition coefficient (Wildman–Crippen LogP) is 0.341. The van der Waals surface area contributed by atoms with Crippen LogP contribution in [0.3, 0.4) is 0 Å². The van der Waals surface area contributed by atoms with Crippen molar-refractivity contribution in [3.8, 4) is 0 Å². The molecular formula is C11H15N3O3. The molecule has 17 heavy (non-hydrogen) atoms. The summed E-state index contributed by atoms with van der Waals surface area (Å²) in [6.45, 7) is 1.62. The van der Waals surface area contributed by atoms with E-state index in [2.05, 4.69) is 10.1 Å². The van der Waals surface area contributed by atoms with Crippen molar-refractivity contribution in [2.24, 2.45) is 5.73 Å². The lowest BCUT2D eigenvalue weighted by atomic mass is 10.1. The van der Waals surface area contributed by atoms with Gasteiger partial charge in [0.25, 0.3) is 0 Å². The molecule has 92 valence electrons. The van der Waals surface area contributed by atoms with Crippen LogP contribution in [0.1, 0.15) is 17.3 Å². The number of amides is 1. The van der Waals surface area contributed by atoms with Crippen LogP contribution in [0.4, 0.5) is 11.4 Å². The maximum atomic E-state index is 11.4. The summed E-state index contributed by atoms with van der Waals surface area (Å²) in [4.78, 5) is 22.3. The largest absolute Gasteiger partial charge is 0.465 e. The van der Waals surface area contributed by atoms with E-state index in [-0.39, 0.29) is 5.56 Å². The van der Waals surface area contributed by atoms with Gasteiger partial charge in [-0.1, -0.05) is 0 Å². The number of nitrogen functional groups attached to an aromatic ring is 1. The van der Waals surface area contributed by atoms with Crippen LogP contribution in [0, 0.1) is 0 Å². The zero-order valence-electron chi connectivity index (χ0n) is 9.69. The van der Waals surface area contributed by atoms with E-state index in [1.54, 1.807) is 19.1 Å². The molecule has 0 saturated carbocycles. The lowest BCUT2D eigenvalue weighted by Gasteiger charge is -2.13. The monoisotopic (exact) mass is 237 g/mol. The highest BCUT2D eigenvalue weighted by Crippen LogP contribution is 2.19. The number of esters is 1. The molecule has 1 rings (SSSR count). The summed E-state index contributed by atoms with van der Waals surface area (Å²) in [6.07, 6.45) is 0. The second-order valence-electron chi connectivity index (χ2n) is 3.56. The number of benzene rings is 1. The van der Waals surface area contributed by atoms with Gasteiger partial charge in [-0.3, -0.25) is 4.79 Å². The van der Waals surface area contributed by atoms with Gasteiger partial charge in [-0.2, -0.15) is 0 Å². The first-order valence-electron chi connectivity index (χ1n) is 4.99. The fraction of sp³-hybridized carbons (Fsp3) is 0.273. The Hall–Kier alpha value is -2.24. The van der Waals surface area contributed by atoms with Crippen LogP contribution in [-0.4, -0.2) is 25.0 Å². The summed E-state index contributed by atoms with van der Waals surface area (Å²) in [5, 5.41) is 2.85. The number of nitrogens with one attached hydrogen (secondary N) is 1. The van der Waals surface area contributed by atoms with E-state index in [4.69, 9.17) is 11.5 Å². The van der Waals surface area contributed by atoms with Gasteiger partial charge in [0.15, 0.2) is 0 Å². The zero-order chi connectivity index (χ0) is 13.0. The number of primary amides is 1. The molecule has 0 heterocycles. The summed E-state index contributed by atoms with van der Waals surface area (Å²) in [7, 11) is 1.27. The average Bonchev–Trinajstić information content (AvgIpc) is 2.30. The van der Waals surface area contributed by atoms with Crippen molar-refractivity contribution in [2.45, 2.75) is 13.0 Å². The molecule has 0 bridgehead atoms. The first-order chi connectivity index (χ1) is 7.95. The molecule has 0 fully saturated rings. The van der Waals surface area contributed by atoms with Gasteiger partial charge in [0.2, 0.25) is 5.91 Å². The number of anilines is 2. The highest BCUT2D eigenvalue weighted by atomic mass is 16.5. The van der Waals surface area contributed by atoms with Gasteiger partial charge < -0.3 is 21.5 Å². The minimum absolute atomic E-state index is 0.245. The molecule has 0 aliphatic heterocycles. The molecule has 1 aromatic rings. The lowest BCUT2D eigenvalue weighted by Crippen LogP contribution is -2.32. The van der Waals surface area contributed by atoms with Crippen LogP contribution in [0.2, 0.25) is 0 Å². The summed E-state index contributed by atoms with van der Waals surface area (Å²) in [6, 6.07) is 4.19. The molecule has 6 heteroatoms. The van der Waals surface area contributed by atoms with Gasteiger partial charge in [0, 0.05) is 11.4 Å². The van der Waals surface area contributed by atoms with E-state index >= 15 is 0 Å². The van der Waals surface area contributed by atoms with Crippen LogP contribution in [0.5, 0.6) is 0 Å². The fourth-order valence-electron chi connectivity index (χ4n) is 1.25. The van der Waals surface area contributed by atoms with E-state index < -0.39 is 17.9 Å². The molecule has 0 aliphatic rings. The minimum Gasteiger partial charge on any atom is -0.465 e. The van der Waals surface area contributed by atoms with Crippen molar-refractivity contribution in [3.63, 3.8) is 0 Å². The van der Waals surface area contributed by atoms with Crippen molar-refractivity contribution < 1.29 is 14.3 Å². The first-order valence-corrected chi connectivity index (χ1v) is 4.99. The van der Waals surface area contributed by atoms with Gasteiger partial charge >= 0.3 is 5.97 Å². The quantitative estimate of drug-likeness (QED) is 0.517. The summed E-state index contributed by atoms with van der Waals surface area (Å²) >= 11 is 0. The van der Waals surface area contributed by atoms with Gasteiger partial charge in [-0.25, -0.2) is 4.79 Å². The van der Waals surface area contributed by atoms with Gasteiger partial charge in [-0.15, -0.1) is 0 Å². The molecule has 0 aliphatic carbocycles. The second kappa shape index (κ2) is 5.20. The van der Waals surface area contributed by atoms with Crippen molar-refractivity contribution in [3.05, 3.63) is 23.8 Å². The molecule has 5 N–H and O–H groups in total. The standard InChI is InChI=1S/C11H15N3O3/c1-6(10(13)15)14-7-3-4-9(12)8(5-7)11(16)17-2/h3-6,14H,12H2,1-2H3,(H2,13,15). The third-order valence-electron chi connectivity index (χ3n) is 2.27. The molecule has 1 unspecified atom stereocenters. The van der Waals surface area contributed by atoms with Crippen molar-refractivity contribution in [1.82, 2.24) is 0 Å². The number of carbonyl (C=O) groups excluding carboxylic acids is 2. The van der Waals surface area contributed by atoms with Gasteiger partial charge in [0.1, 0.15) is 6.04 Å². The summed E-state index contributed by atoms with van der Waals surface area (Å²) < 4.78 is 4.59. The highest BCUT2D eigenvalue weighted by Gasteiger charge is 2.13. The van der Waals surface area contributed by atoms with Crippen LogP contribution in [-0.2, 0) is 9.53 Å². The van der Waals surface area contributed by atoms with E-state index in [0.717, 1.165) is 0 Å². The maximum absolute atomic E-state index is 11.4. The van der Waals surface area contributed by atoms with Gasteiger partial charge in [0.05, 0.1) is 12.7 Å². The van der Waals surface area contributed by atoms with Crippen LogP contribution in [0.15, 0.2) is 18.2 Å². The molecule has 0 spiro atoms. The molecule has 6 nitrogen and oxygen atoms in total. The Morgan fingerprint density at radius 1 is 1.41 bits per heavy atom. The first kappa shape index (κ1) is 12.8. The number of hydrogen-bond donors (Lipinski definition) is 3. The number of methoxy groups -OCH3 is 1. The van der Waals surface area contributed by atoms with Crippen molar-refractivity contribution >= 4 is 23.3 Å². The predicted molar refractivity (Wildman–Crippen MR) is 64.5 cm³/mol. The average molecular weight is 237 g/mol. The molecule has 0 saturated heterocycles. The smallest absolute Gasteiger partial charge is 0.340 e. The number of hydrogen-bond acceptors (Lipinski definition) is 5. The molecule has 0 aromatic heterocycles. The van der Waals surface area contributed by atoms with E-state index in [1.807, 2.05) is 0 Å². The molecule has 1 amide bonds. The Kier molecular flexibility index (Phi) is 3.92. The Labute approximate surface area is 98.9 Å². The fourth-order valence-corrected chi connectivity index (χ4v) is 1.25. The molecular weight excluding hydrogens is 222 g/mol. The Morgan fingerprint density at radius 2 is 2.06 bits per heavy atom. The van der Waals surface area contributed by atoms with E-state index in [9.17, 15) is 9.59 Å². The number of rotatable bonds is 4. The Balaban J connectivity index is 2.96. The molecule has 1 atom stereocenters. The minimum atomic E-state index is -0.538. The second-order valence-corrected chi connectivity index (χ2v) is 3.56. The lowest BCUT2D eigenvalue weighted by molar-refractivity contribution is -0.118. The van der Waals surface area contributed by atoms with Crippen molar-refractivity contribution in [2.75, 3.05) is 18.2 Å². The van der Waals surface area contributed by atoms with Crippen LogP contribution >= 0.6 is 0 Å². The third-order valence-corrected chi connectivity index (χ3v) is 2.27. The third kappa shape index (κ3) is 3.10. The summed E-state index contributed by atoms with van der Waals surface area (Å²) in [5.41, 5.74) is 11.9. The van der Waals surface area contributed by atoms with Crippen molar-refractivity contribution in [1.29, 1.82) is 0 Å². The molecule has 0 radical (unpaired) electrons. The van der Waals surface area contributed by atoms with Crippen LogP contribution in [0.25, 0.3) is 0 Å².